The van der Waals surface area contributed by atoms with E-state index in [1.165, 1.54) is 0 Å². The summed E-state index contributed by atoms with van der Waals surface area (Å²) in [7, 11) is 1.67. The van der Waals surface area contributed by atoms with Crippen molar-refractivity contribution in [2.45, 2.75) is 32.7 Å². The number of ether oxygens (including phenoxy) is 1. The molecule has 0 radical (unpaired) electrons. The molecule has 0 aromatic heterocycles. The first-order valence-electron chi connectivity index (χ1n) is 6.11. The Morgan fingerprint density at radius 3 is 2.50 bits per heavy atom. The molecule has 1 amide bonds. The van der Waals surface area contributed by atoms with Crippen molar-refractivity contribution in [2.24, 2.45) is 17.6 Å². The standard InChI is InChI=1S/C12H24N2O2/c1-9(2)11(8-13)12(15)14(6-7-16-3)10-4-5-10/h9-11H,4-8,13H2,1-3H3. The predicted molar refractivity (Wildman–Crippen MR) is 64.0 cm³/mol. The maximum Gasteiger partial charge on any atom is 0.227 e. The first-order chi connectivity index (χ1) is 7.61. The molecule has 94 valence electrons. The maximum absolute atomic E-state index is 12.3. The van der Waals surface area contributed by atoms with E-state index in [1.54, 1.807) is 7.11 Å². The molecule has 0 bridgehead atoms. The van der Waals surface area contributed by atoms with Gasteiger partial charge in [-0.1, -0.05) is 13.8 Å². The van der Waals surface area contributed by atoms with Gasteiger partial charge in [0.15, 0.2) is 0 Å². The molecule has 1 unspecified atom stereocenters. The third-order valence-electron chi connectivity index (χ3n) is 3.18. The van der Waals surface area contributed by atoms with Crippen LogP contribution < -0.4 is 5.73 Å². The normalized spacial score (nSPS) is 17.6. The van der Waals surface area contributed by atoms with E-state index in [0.29, 0.717) is 31.7 Å². The summed E-state index contributed by atoms with van der Waals surface area (Å²) < 4.78 is 5.05. The zero-order valence-electron chi connectivity index (χ0n) is 10.6. The van der Waals surface area contributed by atoms with E-state index in [9.17, 15) is 4.79 Å². The summed E-state index contributed by atoms with van der Waals surface area (Å²) >= 11 is 0. The van der Waals surface area contributed by atoms with Crippen molar-refractivity contribution < 1.29 is 9.53 Å². The zero-order chi connectivity index (χ0) is 12.1. The summed E-state index contributed by atoms with van der Waals surface area (Å²) in [5.74, 6) is 0.468. The molecule has 1 saturated carbocycles. The van der Waals surface area contributed by atoms with Gasteiger partial charge in [-0.25, -0.2) is 0 Å². The predicted octanol–water partition coefficient (Wildman–Crippen LogP) is 0.855. The van der Waals surface area contributed by atoms with Gasteiger partial charge in [-0.05, 0) is 18.8 Å². The third-order valence-corrected chi connectivity index (χ3v) is 3.18. The molecule has 1 fully saturated rings. The molecule has 0 aromatic rings. The minimum absolute atomic E-state index is 0.0440. The van der Waals surface area contributed by atoms with Crippen molar-refractivity contribution in [3.05, 3.63) is 0 Å². The molecule has 1 aliphatic rings. The fourth-order valence-electron chi connectivity index (χ4n) is 1.92. The van der Waals surface area contributed by atoms with E-state index < -0.39 is 0 Å². The Hall–Kier alpha value is -0.610. The van der Waals surface area contributed by atoms with Crippen molar-refractivity contribution in [2.75, 3.05) is 26.8 Å². The highest BCUT2D eigenvalue weighted by atomic mass is 16.5. The molecular weight excluding hydrogens is 204 g/mol. The fraction of sp³-hybridized carbons (Fsp3) is 0.917. The molecule has 0 spiro atoms. The van der Waals surface area contributed by atoms with Gasteiger partial charge in [-0.15, -0.1) is 0 Å². The molecule has 1 rings (SSSR count). The first-order valence-corrected chi connectivity index (χ1v) is 6.11. The van der Waals surface area contributed by atoms with Crippen LogP contribution in [-0.4, -0.2) is 43.7 Å². The number of methoxy groups -OCH3 is 1. The highest BCUT2D eigenvalue weighted by Crippen LogP contribution is 2.29. The second-order valence-electron chi connectivity index (χ2n) is 4.84. The van der Waals surface area contributed by atoms with Gasteiger partial charge >= 0.3 is 0 Å². The Labute approximate surface area is 98.1 Å². The van der Waals surface area contributed by atoms with Crippen LogP contribution in [0.4, 0.5) is 0 Å². The summed E-state index contributed by atoms with van der Waals surface area (Å²) in [6.45, 7) is 5.85. The van der Waals surface area contributed by atoms with Gasteiger partial charge in [0, 0.05) is 26.2 Å². The van der Waals surface area contributed by atoms with Crippen molar-refractivity contribution >= 4 is 5.91 Å². The summed E-state index contributed by atoms with van der Waals surface area (Å²) in [6.07, 6.45) is 2.26. The summed E-state index contributed by atoms with van der Waals surface area (Å²) in [5.41, 5.74) is 5.68. The molecule has 0 heterocycles. The smallest absolute Gasteiger partial charge is 0.227 e. The van der Waals surface area contributed by atoms with E-state index in [2.05, 4.69) is 13.8 Å². The zero-order valence-corrected chi connectivity index (χ0v) is 10.6. The third kappa shape index (κ3) is 3.46. The number of hydrogen-bond donors (Lipinski definition) is 1. The molecule has 0 aliphatic heterocycles. The lowest BCUT2D eigenvalue weighted by Crippen LogP contribution is -2.44. The summed E-state index contributed by atoms with van der Waals surface area (Å²) in [6, 6.07) is 0.440. The number of nitrogens with zero attached hydrogens (tertiary/aromatic N) is 1. The number of carbonyl (C=O) groups excluding carboxylic acids is 1. The quantitative estimate of drug-likeness (QED) is 0.703. The Balaban J connectivity index is 2.58. The van der Waals surface area contributed by atoms with Crippen LogP contribution in [0.25, 0.3) is 0 Å². The molecule has 16 heavy (non-hydrogen) atoms. The monoisotopic (exact) mass is 228 g/mol. The minimum atomic E-state index is -0.0440. The van der Waals surface area contributed by atoms with Crippen molar-refractivity contribution in [1.29, 1.82) is 0 Å². The van der Waals surface area contributed by atoms with E-state index in [-0.39, 0.29) is 11.8 Å². The first kappa shape index (κ1) is 13.5. The molecule has 4 nitrogen and oxygen atoms in total. The van der Waals surface area contributed by atoms with Gasteiger partial charge in [0.05, 0.1) is 12.5 Å². The van der Waals surface area contributed by atoms with E-state index in [1.807, 2.05) is 4.90 Å². The van der Waals surface area contributed by atoms with Crippen molar-refractivity contribution in [3.63, 3.8) is 0 Å². The SMILES string of the molecule is COCCN(C(=O)C(CN)C(C)C)C1CC1. The van der Waals surface area contributed by atoms with Crippen LogP contribution in [0.3, 0.4) is 0 Å². The van der Waals surface area contributed by atoms with Crippen LogP contribution in [0.15, 0.2) is 0 Å². The highest BCUT2D eigenvalue weighted by Gasteiger charge is 2.35. The lowest BCUT2D eigenvalue weighted by Gasteiger charge is -2.28. The Kier molecular flexibility index (Phi) is 5.22. The number of hydrogen-bond acceptors (Lipinski definition) is 3. The number of rotatable bonds is 7. The van der Waals surface area contributed by atoms with Crippen molar-refractivity contribution in [3.8, 4) is 0 Å². The van der Waals surface area contributed by atoms with Crippen LogP contribution in [0.2, 0.25) is 0 Å². The maximum atomic E-state index is 12.3. The van der Waals surface area contributed by atoms with Crippen LogP contribution in [0, 0.1) is 11.8 Å². The Bertz CT molecular complexity index is 227. The van der Waals surface area contributed by atoms with E-state index in [0.717, 1.165) is 12.8 Å². The molecule has 0 saturated heterocycles. The van der Waals surface area contributed by atoms with Crippen LogP contribution in [-0.2, 0) is 9.53 Å². The lowest BCUT2D eigenvalue weighted by molar-refractivity contribution is -0.137. The summed E-state index contributed by atoms with van der Waals surface area (Å²) in [5, 5.41) is 0. The molecule has 0 aromatic carbocycles. The molecule has 2 N–H and O–H groups in total. The average molecular weight is 228 g/mol. The van der Waals surface area contributed by atoms with Gasteiger partial charge < -0.3 is 15.4 Å². The molecule has 4 heteroatoms. The minimum Gasteiger partial charge on any atom is -0.383 e. The topological polar surface area (TPSA) is 55.6 Å². The van der Waals surface area contributed by atoms with Crippen LogP contribution in [0.5, 0.6) is 0 Å². The van der Waals surface area contributed by atoms with E-state index >= 15 is 0 Å². The summed E-state index contributed by atoms with van der Waals surface area (Å²) in [4.78, 5) is 14.3. The largest absolute Gasteiger partial charge is 0.383 e. The van der Waals surface area contributed by atoms with Crippen LogP contribution >= 0.6 is 0 Å². The second kappa shape index (κ2) is 6.21. The van der Waals surface area contributed by atoms with Crippen LogP contribution in [0.1, 0.15) is 26.7 Å². The second-order valence-corrected chi connectivity index (χ2v) is 4.84. The van der Waals surface area contributed by atoms with E-state index in [4.69, 9.17) is 10.5 Å². The lowest BCUT2D eigenvalue weighted by atomic mass is 9.94. The molecule has 1 aliphatic carbocycles. The molecule has 1 atom stereocenters. The number of amides is 1. The Morgan fingerprint density at radius 1 is 1.50 bits per heavy atom. The van der Waals surface area contributed by atoms with Gasteiger partial charge in [-0.3, -0.25) is 4.79 Å². The van der Waals surface area contributed by atoms with Gasteiger partial charge in [0.1, 0.15) is 0 Å². The molecular formula is C12H24N2O2. The fourth-order valence-corrected chi connectivity index (χ4v) is 1.92. The van der Waals surface area contributed by atoms with Gasteiger partial charge in [0.2, 0.25) is 5.91 Å². The van der Waals surface area contributed by atoms with Crippen molar-refractivity contribution in [1.82, 2.24) is 4.90 Å². The highest BCUT2D eigenvalue weighted by molar-refractivity contribution is 5.80. The number of carbonyl (C=O) groups is 1. The van der Waals surface area contributed by atoms with Gasteiger partial charge in [-0.2, -0.15) is 0 Å². The number of nitrogens with two attached hydrogens (primary N) is 1. The Morgan fingerprint density at radius 2 is 2.12 bits per heavy atom. The van der Waals surface area contributed by atoms with Gasteiger partial charge in [0.25, 0.3) is 0 Å². The average Bonchev–Trinajstić information content (AvgIpc) is 3.03.